The average Bonchev–Trinajstić information content (AvgIpc) is 2.78. The molecular weight excluding hydrogens is 310 g/mol. The predicted octanol–water partition coefficient (Wildman–Crippen LogP) is 1.44. The molecule has 1 saturated heterocycles. The zero-order valence-electron chi connectivity index (χ0n) is 13.3. The number of ether oxygens (including phenoxy) is 1. The summed E-state index contributed by atoms with van der Waals surface area (Å²) in [5.74, 6) is -1.21. The molecule has 0 saturated carbocycles. The van der Waals surface area contributed by atoms with Crippen LogP contribution in [-0.2, 0) is 19.1 Å². The van der Waals surface area contributed by atoms with Crippen LogP contribution in [-0.4, -0.2) is 42.4 Å². The van der Waals surface area contributed by atoms with Crippen LogP contribution in [0.25, 0.3) is 0 Å². The van der Waals surface area contributed by atoms with E-state index in [4.69, 9.17) is 10.00 Å². The molecular formula is C17H19N3O4. The fourth-order valence-corrected chi connectivity index (χ4v) is 2.43. The Bertz CT molecular complexity index is 666. The summed E-state index contributed by atoms with van der Waals surface area (Å²) in [6, 6.07) is 8.51. The highest BCUT2D eigenvalue weighted by Gasteiger charge is 2.20. The van der Waals surface area contributed by atoms with Gasteiger partial charge in [-0.1, -0.05) is 18.6 Å². The maximum absolute atomic E-state index is 11.8. The first-order valence-corrected chi connectivity index (χ1v) is 7.82. The predicted molar refractivity (Wildman–Crippen MR) is 85.8 cm³/mol. The van der Waals surface area contributed by atoms with Gasteiger partial charge in [-0.25, -0.2) is 0 Å². The van der Waals surface area contributed by atoms with Crippen LogP contribution in [0.1, 0.15) is 31.2 Å². The summed E-state index contributed by atoms with van der Waals surface area (Å²) < 4.78 is 4.91. The van der Waals surface area contributed by atoms with Gasteiger partial charge in [0.25, 0.3) is 5.91 Å². The lowest BCUT2D eigenvalue weighted by Crippen LogP contribution is -2.36. The second-order valence-electron chi connectivity index (χ2n) is 5.49. The van der Waals surface area contributed by atoms with Crippen LogP contribution in [0.15, 0.2) is 24.3 Å². The minimum Gasteiger partial charge on any atom is -0.454 e. The van der Waals surface area contributed by atoms with Crippen molar-refractivity contribution in [1.29, 1.82) is 5.26 Å². The maximum atomic E-state index is 11.8. The van der Waals surface area contributed by atoms with E-state index in [2.05, 4.69) is 5.32 Å². The third kappa shape index (κ3) is 5.09. The molecule has 2 amide bonds. The first-order valence-electron chi connectivity index (χ1n) is 7.82. The average molecular weight is 329 g/mol. The summed E-state index contributed by atoms with van der Waals surface area (Å²) in [6.45, 7) is -0.0583. The van der Waals surface area contributed by atoms with Gasteiger partial charge in [0.05, 0.1) is 11.3 Å². The second kappa shape index (κ2) is 8.67. The molecule has 0 unspecified atom stereocenters. The van der Waals surface area contributed by atoms with E-state index in [-0.39, 0.29) is 12.5 Å². The number of esters is 1. The standard InChI is InChI=1S/C17H19N3O4/c18-10-13-6-3-4-7-14(13)19-15(21)12-24-17(23)11-20-9-5-1-2-8-16(20)22/h3-4,6-7H,1-2,5,8-9,11-12H2,(H,19,21). The first kappa shape index (κ1) is 17.5. The minimum absolute atomic E-state index is 0.0585. The fraction of sp³-hybridized carbons (Fsp3) is 0.412. The summed E-state index contributed by atoms with van der Waals surface area (Å²) in [4.78, 5) is 36.9. The largest absolute Gasteiger partial charge is 0.454 e. The van der Waals surface area contributed by atoms with Gasteiger partial charge >= 0.3 is 5.97 Å². The number of benzene rings is 1. The summed E-state index contributed by atoms with van der Waals surface area (Å²) in [5, 5.41) is 11.5. The quantitative estimate of drug-likeness (QED) is 0.824. The van der Waals surface area contributed by atoms with Gasteiger partial charge in [0, 0.05) is 13.0 Å². The normalized spacial score (nSPS) is 14.5. The van der Waals surface area contributed by atoms with Crippen molar-refractivity contribution < 1.29 is 19.1 Å². The molecule has 1 aliphatic rings. The number of nitriles is 1. The van der Waals surface area contributed by atoms with E-state index in [9.17, 15) is 14.4 Å². The number of hydrogen-bond acceptors (Lipinski definition) is 5. The van der Waals surface area contributed by atoms with Gasteiger partial charge < -0.3 is 15.0 Å². The number of hydrogen-bond donors (Lipinski definition) is 1. The molecule has 1 heterocycles. The van der Waals surface area contributed by atoms with Crippen LogP contribution in [0.3, 0.4) is 0 Å². The Balaban J connectivity index is 1.80. The van der Waals surface area contributed by atoms with Gasteiger partial charge in [0.15, 0.2) is 6.61 Å². The molecule has 0 bridgehead atoms. The first-order chi connectivity index (χ1) is 11.6. The summed E-state index contributed by atoms with van der Waals surface area (Å²) in [6.07, 6.45) is 3.12. The van der Waals surface area contributed by atoms with Crippen molar-refractivity contribution in [2.75, 3.05) is 25.0 Å². The van der Waals surface area contributed by atoms with E-state index in [0.717, 1.165) is 19.3 Å². The van der Waals surface area contributed by atoms with E-state index in [1.165, 1.54) is 4.90 Å². The summed E-state index contributed by atoms with van der Waals surface area (Å²) in [7, 11) is 0. The lowest BCUT2D eigenvalue weighted by molar-refractivity contribution is -0.151. The Morgan fingerprint density at radius 3 is 2.83 bits per heavy atom. The Kier molecular flexibility index (Phi) is 6.32. The highest BCUT2D eigenvalue weighted by Crippen LogP contribution is 2.13. The van der Waals surface area contributed by atoms with E-state index >= 15 is 0 Å². The molecule has 0 aromatic heterocycles. The van der Waals surface area contributed by atoms with Gasteiger partial charge in [-0.3, -0.25) is 14.4 Å². The number of nitrogens with zero attached hydrogens (tertiary/aromatic N) is 2. The Hall–Kier alpha value is -2.88. The number of para-hydroxylation sites is 1. The molecule has 0 radical (unpaired) electrons. The number of anilines is 1. The molecule has 0 aliphatic carbocycles. The van der Waals surface area contributed by atoms with E-state index < -0.39 is 18.5 Å². The van der Waals surface area contributed by atoms with Crippen LogP contribution >= 0.6 is 0 Å². The Labute approximate surface area is 140 Å². The molecule has 0 spiro atoms. The molecule has 126 valence electrons. The molecule has 1 fully saturated rings. The van der Waals surface area contributed by atoms with Crippen molar-refractivity contribution in [3.8, 4) is 6.07 Å². The lowest BCUT2D eigenvalue weighted by Gasteiger charge is -2.19. The van der Waals surface area contributed by atoms with Crippen molar-refractivity contribution in [3.05, 3.63) is 29.8 Å². The number of amides is 2. The molecule has 7 heteroatoms. The molecule has 1 N–H and O–H groups in total. The maximum Gasteiger partial charge on any atom is 0.326 e. The van der Waals surface area contributed by atoms with Crippen molar-refractivity contribution in [2.24, 2.45) is 0 Å². The van der Waals surface area contributed by atoms with Crippen LogP contribution in [0, 0.1) is 11.3 Å². The Morgan fingerprint density at radius 2 is 2.04 bits per heavy atom. The number of rotatable bonds is 5. The third-order valence-corrected chi connectivity index (χ3v) is 3.68. The number of carbonyl (C=O) groups is 3. The molecule has 24 heavy (non-hydrogen) atoms. The van der Waals surface area contributed by atoms with Crippen LogP contribution in [0.4, 0.5) is 5.69 Å². The molecule has 0 atom stereocenters. The highest BCUT2D eigenvalue weighted by molar-refractivity contribution is 5.94. The van der Waals surface area contributed by atoms with Crippen molar-refractivity contribution >= 4 is 23.5 Å². The zero-order chi connectivity index (χ0) is 17.4. The Morgan fingerprint density at radius 1 is 1.25 bits per heavy atom. The topological polar surface area (TPSA) is 99.5 Å². The van der Waals surface area contributed by atoms with Crippen LogP contribution < -0.4 is 5.32 Å². The monoisotopic (exact) mass is 329 g/mol. The summed E-state index contributed by atoms with van der Waals surface area (Å²) >= 11 is 0. The minimum atomic E-state index is -0.617. The van der Waals surface area contributed by atoms with Crippen molar-refractivity contribution in [2.45, 2.75) is 25.7 Å². The van der Waals surface area contributed by atoms with Gasteiger partial charge in [-0.15, -0.1) is 0 Å². The molecule has 2 rings (SSSR count). The van der Waals surface area contributed by atoms with E-state index in [0.29, 0.717) is 24.2 Å². The van der Waals surface area contributed by atoms with E-state index in [1.54, 1.807) is 24.3 Å². The van der Waals surface area contributed by atoms with Crippen LogP contribution in [0.2, 0.25) is 0 Å². The van der Waals surface area contributed by atoms with Gasteiger partial charge in [0.2, 0.25) is 5.91 Å². The number of carbonyl (C=O) groups excluding carboxylic acids is 3. The van der Waals surface area contributed by atoms with E-state index in [1.807, 2.05) is 6.07 Å². The highest BCUT2D eigenvalue weighted by atomic mass is 16.5. The van der Waals surface area contributed by atoms with Gasteiger partial charge in [0.1, 0.15) is 12.6 Å². The zero-order valence-corrected chi connectivity index (χ0v) is 13.3. The van der Waals surface area contributed by atoms with Crippen LogP contribution in [0.5, 0.6) is 0 Å². The fourth-order valence-electron chi connectivity index (χ4n) is 2.43. The summed E-state index contributed by atoms with van der Waals surface area (Å²) in [5.41, 5.74) is 0.691. The number of likely N-dealkylation sites (tertiary alicyclic amines) is 1. The van der Waals surface area contributed by atoms with Crippen molar-refractivity contribution in [3.63, 3.8) is 0 Å². The third-order valence-electron chi connectivity index (χ3n) is 3.68. The SMILES string of the molecule is N#Cc1ccccc1NC(=O)COC(=O)CN1CCCCCC1=O. The smallest absolute Gasteiger partial charge is 0.326 e. The van der Waals surface area contributed by atoms with Gasteiger partial charge in [-0.2, -0.15) is 5.26 Å². The molecule has 1 aliphatic heterocycles. The molecule has 1 aromatic carbocycles. The van der Waals surface area contributed by atoms with Crippen molar-refractivity contribution in [1.82, 2.24) is 4.90 Å². The second-order valence-corrected chi connectivity index (χ2v) is 5.49. The molecule has 1 aromatic rings. The number of nitrogens with one attached hydrogen (secondary N) is 1. The molecule has 7 nitrogen and oxygen atoms in total. The van der Waals surface area contributed by atoms with Gasteiger partial charge in [-0.05, 0) is 25.0 Å². The lowest BCUT2D eigenvalue weighted by atomic mass is 10.2.